The molecule has 10 heteroatoms. The molecule has 1 aromatic carbocycles. The Kier molecular flexibility index (Phi) is 8.47. The Hall–Kier alpha value is -4.47. The van der Waals surface area contributed by atoms with E-state index in [2.05, 4.69) is 39.1 Å². The largest absolute Gasteiger partial charge is 0.489 e. The number of hydrazone groups is 1. The molecule has 0 saturated carbocycles. The van der Waals surface area contributed by atoms with Crippen molar-refractivity contribution in [2.24, 2.45) is 11.0 Å². The Bertz CT molecular complexity index is 1550. The number of rotatable bonds is 8. The van der Waals surface area contributed by atoms with E-state index in [9.17, 15) is 0 Å². The van der Waals surface area contributed by atoms with E-state index in [1.165, 1.54) is 12.4 Å². The minimum absolute atomic E-state index is 0.269. The van der Waals surface area contributed by atoms with Crippen LogP contribution in [0.4, 0.5) is 21.7 Å². The minimum atomic E-state index is -0.474. The summed E-state index contributed by atoms with van der Waals surface area (Å²) in [4.78, 5) is 16.1. The number of benzene rings is 1. The van der Waals surface area contributed by atoms with Gasteiger partial charge in [-0.05, 0) is 44.9 Å². The van der Waals surface area contributed by atoms with Gasteiger partial charge >= 0.3 is 0 Å². The van der Waals surface area contributed by atoms with Crippen LogP contribution in [0, 0.1) is 18.7 Å². The highest BCUT2D eigenvalue weighted by atomic mass is 19.1. The van der Waals surface area contributed by atoms with Crippen LogP contribution in [0.2, 0.25) is 0 Å². The highest BCUT2D eigenvalue weighted by Gasteiger charge is 2.24. The molecular formula is C31H36FN7O2. The third kappa shape index (κ3) is 6.16. The van der Waals surface area contributed by atoms with Gasteiger partial charge < -0.3 is 19.7 Å². The summed E-state index contributed by atoms with van der Waals surface area (Å²) in [5, 5.41) is 9.18. The first-order valence-electron chi connectivity index (χ1n) is 14.0. The molecule has 2 aliphatic heterocycles. The number of fused-ring (bicyclic) bond motifs is 2. The molecule has 2 aliphatic rings. The van der Waals surface area contributed by atoms with Gasteiger partial charge in [-0.15, -0.1) is 0 Å². The Morgan fingerprint density at radius 3 is 2.88 bits per heavy atom. The molecule has 4 heterocycles. The number of pyridine rings is 1. The van der Waals surface area contributed by atoms with Gasteiger partial charge in [0.25, 0.3) is 0 Å². The average molecular weight is 558 g/mol. The van der Waals surface area contributed by atoms with E-state index in [-0.39, 0.29) is 5.69 Å². The molecule has 9 nitrogen and oxygen atoms in total. The van der Waals surface area contributed by atoms with Gasteiger partial charge in [-0.25, -0.2) is 24.4 Å². The van der Waals surface area contributed by atoms with Gasteiger partial charge in [0.05, 0.1) is 23.5 Å². The average Bonchev–Trinajstić information content (AvgIpc) is 3.12. The van der Waals surface area contributed by atoms with Gasteiger partial charge in [0.15, 0.2) is 17.4 Å². The molecule has 1 atom stereocenters. The van der Waals surface area contributed by atoms with Crippen molar-refractivity contribution in [2.45, 2.75) is 47.5 Å². The summed E-state index contributed by atoms with van der Waals surface area (Å²) < 4.78 is 27.6. The number of hydrogen-bond acceptors (Lipinski definition) is 9. The fourth-order valence-corrected chi connectivity index (χ4v) is 4.80. The zero-order chi connectivity index (χ0) is 28.9. The summed E-state index contributed by atoms with van der Waals surface area (Å²) in [5.74, 6) is 2.79. The molecular weight excluding hydrogens is 521 g/mol. The molecule has 1 unspecified atom stereocenters. The van der Waals surface area contributed by atoms with Crippen LogP contribution in [-0.2, 0) is 0 Å². The first kappa shape index (κ1) is 28.1. The third-order valence-corrected chi connectivity index (χ3v) is 6.91. The number of aromatic nitrogens is 3. The fraction of sp³-hybridized carbons (Fsp3) is 0.355. The lowest BCUT2D eigenvalue weighted by molar-refractivity contribution is 0.273. The lowest BCUT2D eigenvalue weighted by atomic mass is 10.1. The Balaban J connectivity index is 1.43. The van der Waals surface area contributed by atoms with Crippen molar-refractivity contribution in [3.63, 3.8) is 0 Å². The molecule has 2 aromatic heterocycles. The molecule has 0 fully saturated rings. The predicted octanol–water partition coefficient (Wildman–Crippen LogP) is 6.85. The minimum Gasteiger partial charge on any atom is -0.489 e. The maximum atomic E-state index is 15.4. The quantitative estimate of drug-likeness (QED) is 0.301. The summed E-state index contributed by atoms with van der Waals surface area (Å²) in [7, 11) is 0. The van der Waals surface area contributed by atoms with Gasteiger partial charge in [0.1, 0.15) is 29.2 Å². The topological polar surface area (TPSA) is 88.0 Å². The van der Waals surface area contributed by atoms with Crippen molar-refractivity contribution in [2.75, 3.05) is 29.9 Å². The first-order chi connectivity index (χ1) is 19.9. The fourth-order valence-electron chi connectivity index (χ4n) is 4.80. The molecule has 0 radical (unpaired) electrons. The zero-order valence-corrected chi connectivity index (χ0v) is 24.2. The maximum absolute atomic E-state index is 15.4. The highest BCUT2D eigenvalue weighted by Crippen LogP contribution is 2.36. The van der Waals surface area contributed by atoms with Crippen molar-refractivity contribution in [3.8, 4) is 11.5 Å². The summed E-state index contributed by atoms with van der Waals surface area (Å²) in [6.07, 6.45) is 12.7. The Morgan fingerprint density at radius 1 is 1.24 bits per heavy atom. The second kappa shape index (κ2) is 12.4. The SMILES string of the molecule is C/C=N\N1C=CC(Oc2cc(F)c(Nc3ncnc4cc5c(nc34)N(CCCC)CC(C)CO5)cc2C)=C/C1=C\C. The van der Waals surface area contributed by atoms with Crippen molar-refractivity contribution in [1.82, 2.24) is 20.0 Å². The number of anilines is 3. The monoisotopic (exact) mass is 557 g/mol. The van der Waals surface area contributed by atoms with Crippen LogP contribution in [0.1, 0.15) is 46.1 Å². The maximum Gasteiger partial charge on any atom is 0.172 e. The van der Waals surface area contributed by atoms with E-state index in [0.29, 0.717) is 46.6 Å². The normalized spacial score (nSPS) is 18.0. The number of ether oxygens (including phenoxy) is 2. The number of allylic oxidation sites excluding steroid dienone is 3. The molecule has 0 amide bonds. The third-order valence-electron chi connectivity index (χ3n) is 6.91. The number of halogens is 1. The van der Waals surface area contributed by atoms with Gasteiger partial charge in [-0.1, -0.05) is 26.3 Å². The zero-order valence-electron chi connectivity index (χ0n) is 24.2. The molecule has 214 valence electrons. The molecule has 5 rings (SSSR count). The van der Waals surface area contributed by atoms with Crippen LogP contribution in [0.3, 0.4) is 0 Å². The molecule has 0 spiro atoms. The number of nitrogens with one attached hydrogen (secondary N) is 1. The van der Waals surface area contributed by atoms with Crippen LogP contribution >= 0.6 is 0 Å². The van der Waals surface area contributed by atoms with E-state index in [1.807, 2.05) is 39.0 Å². The van der Waals surface area contributed by atoms with Gasteiger partial charge in [0, 0.05) is 49.6 Å². The predicted molar refractivity (Wildman–Crippen MR) is 161 cm³/mol. The first-order valence-corrected chi connectivity index (χ1v) is 14.0. The van der Waals surface area contributed by atoms with E-state index in [0.717, 1.165) is 43.0 Å². The number of unbranched alkanes of at least 4 members (excludes halogenated alkanes) is 1. The molecule has 0 bridgehead atoms. The number of aryl methyl sites for hydroxylation is 1. The van der Waals surface area contributed by atoms with Crippen LogP contribution in [0.15, 0.2) is 65.5 Å². The standard InChI is InChI=1S/C31H36FN7O2/c1-6-9-11-38-17-20(4)18-40-28-16-26-29(37-31(28)38)30(34-19-33-26)36-25-13-21(5)27(15-24(25)32)41-23-10-12-39(35-8-3)22(7-2)14-23/h7-8,10,12-16,19-20H,6,9,11,17-18H2,1-5H3,(H,33,34,36)/b22-7+,35-8-. The Labute approximate surface area is 240 Å². The molecule has 0 aliphatic carbocycles. The van der Waals surface area contributed by atoms with Crippen molar-refractivity contribution in [3.05, 3.63) is 71.8 Å². The van der Waals surface area contributed by atoms with E-state index < -0.39 is 5.82 Å². The number of hydrogen-bond donors (Lipinski definition) is 1. The van der Waals surface area contributed by atoms with Crippen LogP contribution in [0.5, 0.6) is 11.5 Å². The second-order valence-corrected chi connectivity index (χ2v) is 10.2. The molecule has 1 N–H and O–H groups in total. The number of nitrogens with zero attached hydrogens (tertiary/aromatic N) is 6. The van der Waals surface area contributed by atoms with Crippen LogP contribution in [0.25, 0.3) is 11.0 Å². The van der Waals surface area contributed by atoms with E-state index in [1.54, 1.807) is 29.6 Å². The van der Waals surface area contributed by atoms with Crippen molar-refractivity contribution >= 4 is 34.6 Å². The van der Waals surface area contributed by atoms with Gasteiger partial charge in [-0.2, -0.15) is 5.10 Å². The smallest absolute Gasteiger partial charge is 0.172 e. The van der Waals surface area contributed by atoms with Crippen LogP contribution < -0.4 is 19.7 Å². The summed E-state index contributed by atoms with van der Waals surface area (Å²) in [5.41, 5.74) is 3.06. The van der Waals surface area contributed by atoms with E-state index >= 15 is 4.39 Å². The second-order valence-electron chi connectivity index (χ2n) is 10.2. The van der Waals surface area contributed by atoms with Gasteiger partial charge in [0.2, 0.25) is 0 Å². The highest BCUT2D eigenvalue weighted by molar-refractivity contribution is 5.90. The van der Waals surface area contributed by atoms with Crippen molar-refractivity contribution in [1.29, 1.82) is 0 Å². The lowest BCUT2D eigenvalue weighted by Gasteiger charge is -2.24. The summed E-state index contributed by atoms with van der Waals surface area (Å²) >= 11 is 0. The summed E-state index contributed by atoms with van der Waals surface area (Å²) in [6.45, 7) is 12.3. The van der Waals surface area contributed by atoms with Crippen molar-refractivity contribution < 1.29 is 13.9 Å². The lowest BCUT2D eigenvalue weighted by Crippen LogP contribution is -2.30. The molecule has 0 saturated heterocycles. The van der Waals surface area contributed by atoms with Gasteiger partial charge in [-0.3, -0.25) is 0 Å². The van der Waals surface area contributed by atoms with E-state index in [4.69, 9.17) is 14.5 Å². The summed E-state index contributed by atoms with van der Waals surface area (Å²) in [6, 6.07) is 4.98. The molecule has 41 heavy (non-hydrogen) atoms. The van der Waals surface area contributed by atoms with Crippen LogP contribution in [-0.4, -0.2) is 45.9 Å². The Morgan fingerprint density at radius 2 is 2.10 bits per heavy atom. The molecule has 3 aromatic rings.